The van der Waals surface area contributed by atoms with Gasteiger partial charge in [0.05, 0.1) is 18.6 Å². The van der Waals surface area contributed by atoms with Gasteiger partial charge >= 0.3 is 0 Å². The molecule has 1 amide bonds. The van der Waals surface area contributed by atoms with Gasteiger partial charge in [0.1, 0.15) is 0 Å². The maximum atomic E-state index is 12.6. The molecule has 1 aromatic carbocycles. The van der Waals surface area contributed by atoms with E-state index in [-0.39, 0.29) is 18.1 Å². The fourth-order valence-corrected chi connectivity index (χ4v) is 3.98. The van der Waals surface area contributed by atoms with E-state index in [4.69, 9.17) is 11.6 Å². The lowest BCUT2D eigenvalue weighted by molar-refractivity contribution is -0.132. The van der Waals surface area contributed by atoms with Crippen molar-refractivity contribution in [1.82, 2.24) is 25.6 Å². The first-order chi connectivity index (χ1) is 13.2. The number of carbonyl (C=O) groups is 1. The average molecular weight is 386 g/mol. The summed E-state index contributed by atoms with van der Waals surface area (Å²) >= 11 is 6.18. The van der Waals surface area contributed by atoms with E-state index in [1.54, 1.807) is 6.20 Å². The number of hydrogen-bond donors (Lipinski definition) is 2. The monoisotopic (exact) mass is 385 g/mol. The van der Waals surface area contributed by atoms with E-state index in [9.17, 15) is 4.79 Å². The van der Waals surface area contributed by atoms with Gasteiger partial charge in [0.2, 0.25) is 5.91 Å². The van der Waals surface area contributed by atoms with Crippen LogP contribution in [0.5, 0.6) is 0 Å². The molecule has 0 bridgehead atoms. The number of pyridine rings is 1. The number of piperazine rings is 1. The Hall–Kier alpha value is -1.99. The van der Waals surface area contributed by atoms with Crippen LogP contribution in [-0.4, -0.2) is 53.0 Å². The Labute approximate surface area is 164 Å². The highest BCUT2D eigenvalue weighted by atomic mass is 35.5. The van der Waals surface area contributed by atoms with Crippen LogP contribution in [0, 0.1) is 0 Å². The van der Waals surface area contributed by atoms with Crippen LogP contribution in [0.25, 0.3) is 0 Å². The maximum absolute atomic E-state index is 12.6. The maximum Gasteiger partial charge on any atom is 0.227 e. The minimum atomic E-state index is 0.147. The molecule has 0 saturated carbocycles. The van der Waals surface area contributed by atoms with Crippen LogP contribution in [0.3, 0.4) is 0 Å². The van der Waals surface area contributed by atoms with E-state index in [1.165, 1.54) is 5.56 Å². The van der Waals surface area contributed by atoms with Crippen molar-refractivity contribution in [1.29, 1.82) is 0 Å². The molecular formula is C20H24ClN5O. The molecule has 2 aliphatic heterocycles. The highest BCUT2D eigenvalue weighted by molar-refractivity contribution is 6.31. The molecule has 3 heterocycles. The second-order valence-electron chi connectivity index (χ2n) is 7.06. The van der Waals surface area contributed by atoms with Gasteiger partial charge in [-0.05, 0) is 29.7 Å². The van der Waals surface area contributed by atoms with E-state index in [0.29, 0.717) is 11.4 Å². The molecule has 0 radical (unpaired) electrons. The third-order valence-corrected chi connectivity index (χ3v) is 5.75. The average Bonchev–Trinajstić information content (AvgIpc) is 3.21. The SMILES string of the molecule is O=C(Cc1ccccc1Cl)N1CCN(C2CC(c3cccnc3)NN2)CC1. The molecule has 142 valence electrons. The minimum Gasteiger partial charge on any atom is -0.340 e. The van der Waals surface area contributed by atoms with Crippen molar-refractivity contribution in [2.45, 2.75) is 25.0 Å². The van der Waals surface area contributed by atoms with Gasteiger partial charge < -0.3 is 4.90 Å². The van der Waals surface area contributed by atoms with Crippen LogP contribution in [0.15, 0.2) is 48.8 Å². The predicted octanol–water partition coefficient (Wildman–Crippen LogP) is 1.99. The van der Waals surface area contributed by atoms with Crippen molar-refractivity contribution in [3.8, 4) is 0 Å². The van der Waals surface area contributed by atoms with Crippen LogP contribution in [0.4, 0.5) is 0 Å². The summed E-state index contributed by atoms with van der Waals surface area (Å²) in [4.78, 5) is 21.2. The van der Waals surface area contributed by atoms with Crippen LogP contribution in [0.1, 0.15) is 23.6 Å². The predicted molar refractivity (Wildman–Crippen MR) is 105 cm³/mol. The molecule has 27 heavy (non-hydrogen) atoms. The summed E-state index contributed by atoms with van der Waals surface area (Å²) in [6.07, 6.45) is 5.33. The highest BCUT2D eigenvalue weighted by Gasteiger charge is 2.32. The number of nitrogens with zero attached hydrogens (tertiary/aromatic N) is 3. The van der Waals surface area contributed by atoms with Crippen LogP contribution >= 0.6 is 11.6 Å². The lowest BCUT2D eigenvalue weighted by atomic mass is 10.1. The zero-order valence-electron chi connectivity index (χ0n) is 15.1. The third kappa shape index (κ3) is 4.30. The Morgan fingerprint density at radius 2 is 1.93 bits per heavy atom. The number of carbonyl (C=O) groups excluding carboxylic acids is 1. The molecule has 2 aromatic rings. The van der Waals surface area contributed by atoms with Gasteiger partial charge in [0.25, 0.3) is 0 Å². The molecule has 2 N–H and O–H groups in total. The molecule has 4 rings (SSSR count). The Kier molecular flexibility index (Phi) is 5.69. The number of hydrogen-bond acceptors (Lipinski definition) is 5. The summed E-state index contributed by atoms with van der Waals surface area (Å²) in [5, 5.41) is 0.659. The molecule has 2 fully saturated rings. The van der Waals surface area contributed by atoms with Crippen LogP contribution < -0.4 is 10.9 Å². The van der Waals surface area contributed by atoms with Crippen molar-refractivity contribution in [2.75, 3.05) is 26.2 Å². The number of amides is 1. The summed E-state index contributed by atoms with van der Waals surface area (Å²) in [5.74, 6) is 0.147. The molecular weight excluding hydrogens is 362 g/mol. The van der Waals surface area contributed by atoms with E-state index in [1.807, 2.05) is 41.4 Å². The summed E-state index contributed by atoms with van der Waals surface area (Å²) < 4.78 is 0. The Bertz CT molecular complexity index is 779. The lowest BCUT2D eigenvalue weighted by Gasteiger charge is -2.37. The zero-order chi connectivity index (χ0) is 18.6. The number of halogens is 1. The Morgan fingerprint density at radius 3 is 2.67 bits per heavy atom. The quantitative estimate of drug-likeness (QED) is 0.842. The van der Waals surface area contributed by atoms with Crippen molar-refractivity contribution in [3.63, 3.8) is 0 Å². The first kappa shape index (κ1) is 18.4. The molecule has 1 aromatic heterocycles. The van der Waals surface area contributed by atoms with Gasteiger partial charge in [0, 0.05) is 43.6 Å². The van der Waals surface area contributed by atoms with Gasteiger partial charge in [-0.3, -0.25) is 14.7 Å². The summed E-state index contributed by atoms with van der Waals surface area (Å²) in [6.45, 7) is 3.23. The van der Waals surface area contributed by atoms with Gasteiger partial charge in [-0.25, -0.2) is 10.9 Å². The fourth-order valence-electron chi connectivity index (χ4n) is 3.78. The summed E-state index contributed by atoms with van der Waals surface area (Å²) in [6, 6.07) is 11.9. The Morgan fingerprint density at radius 1 is 1.11 bits per heavy atom. The van der Waals surface area contributed by atoms with E-state index < -0.39 is 0 Å². The topological polar surface area (TPSA) is 60.5 Å². The zero-order valence-corrected chi connectivity index (χ0v) is 15.9. The normalized spacial score (nSPS) is 23.5. The van der Waals surface area contributed by atoms with Gasteiger partial charge in [0.15, 0.2) is 0 Å². The second-order valence-corrected chi connectivity index (χ2v) is 7.47. The van der Waals surface area contributed by atoms with Crippen molar-refractivity contribution < 1.29 is 4.79 Å². The van der Waals surface area contributed by atoms with Gasteiger partial charge in [-0.1, -0.05) is 35.9 Å². The molecule has 2 aliphatic rings. The molecule has 2 unspecified atom stereocenters. The van der Waals surface area contributed by atoms with Gasteiger partial charge in [-0.2, -0.15) is 0 Å². The lowest BCUT2D eigenvalue weighted by Crippen LogP contribution is -2.55. The highest BCUT2D eigenvalue weighted by Crippen LogP contribution is 2.24. The van der Waals surface area contributed by atoms with E-state index in [0.717, 1.165) is 38.2 Å². The minimum absolute atomic E-state index is 0.147. The number of hydrazine groups is 1. The molecule has 0 aliphatic carbocycles. The van der Waals surface area contributed by atoms with Gasteiger partial charge in [-0.15, -0.1) is 0 Å². The fraction of sp³-hybridized carbons (Fsp3) is 0.400. The third-order valence-electron chi connectivity index (χ3n) is 5.38. The molecule has 2 atom stereocenters. The number of nitrogens with one attached hydrogen (secondary N) is 2. The van der Waals surface area contributed by atoms with Crippen molar-refractivity contribution in [2.24, 2.45) is 0 Å². The van der Waals surface area contributed by atoms with Crippen LogP contribution in [0.2, 0.25) is 5.02 Å². The number of benzene rings is 1. The molecule has 0 spiro atoms. The largest absolute Gasteiger partial charge is 0.340 e. The Balaban J connectivity index is 1.28. The summed E-state index contributed by atoms with van der Waals surface area (Å²) in [7, 11) is 0. The molecule has 2 saturated heterocycles. The standard InChI is InChI=1S/C20H24ClN5O/c21-17-6-2-1-4-15(17)12-20(27)26-10-8-25(9-11-26)19-13-18(23-24-19)16-5-3-7-22-14-16/h1-7,14,18-19,23-24H,8-13H2. The number of rotatable bonds is 4. The second kappa shape index (κ2) is 8.35. The first-order valence-electron chi connectivity index (χ1n) is 9.37. The molecule has 7 heteroatoms. The van der Waals surface area contributed by atoms with E-state index in [2.05, 4.69) is 26.8 Å². The number of aromatic nitrogens is 1. The van der Waals surface area contributed by atoms with Crippen LogP contribution in [-0.2, 0) is 11.2 Å². The van der Waals surface area contributed by atoms with E-state index >= 15 is 0 Å². The summed E-state index contributed by atoms with van der Waals surface area (Å²) in [5.41, 5.74) is 8.85. The van der Waals surface area contributed by atoms with Crippen molar-refractivity contribution >= 4 is 17.5 Å². The smallest absolute Gasteiger partial charge is 0.227 e. The molecule has 6 nitrogen and oxygen atoms in total. The first-order valence-corrected chi connectivity index (χ1v) is 9.75. The van der Waals surface area contributed by atoms with Crippen molar-refractivity contribution in [3.05, 3.63) is 64.9 Å².